The third kappa shape index (κ3) is 4.59. The first-order valence-electron chi connectivity index (χ1n) is 6.72. The first-order valence-corrected chi connectivity index (χ1v) is 6.72. The monoisotopic (exact) mass is 260 g/mol. The van der Waals surface area contributed by atoms with Crippen LogP contribution >= 0.6 is 0 Å². The van der Waals surface area contributed by atoms with Crippen molar-refractivity contribution in [2.45, 2.75) is 33.4 Å². The van der Waals surface area contributed by atoms with Crippen LogP contribution in [0, 0.1) is 11.8 Å². The van der Waals surface area contributed by atoms with Gasteiger partial charge in [-0.05, 0) is 38.6 Å². The first kappa shape index (κ1) is 15.6. The average Bonchev–Trinajstić information content (AvgIpc) is 2.42. The van der Waals surface area contributed by atoms with E-state index in [4.69, 9.17) is 10.5 Å². The van der Waals surface area contributed by atoms with Crippen LogP contribution in [0.4, 0.5) is 0 Å². The summed E-state index contributed by atoms with van der Waals surface area (Å²) in [6.45, 7) is 8.84. The zero-order valence-corrected chi connectivity index (χ0v) is 12.4. The lowest BCUT2D eigenvalue weighted by Crippen LogP contribution is -2.30. The minimum absolute atomic E-state index is 0.383. The normalized spacial score (nSPS) is 10.5. The molecule has 0 aliphatic heterocycles. The Morgan fingerprint density at radius 2 is 2.11 bits per heavy atom. The Hall–Kier alpha value is -1.50. The van der Waals surface area contributed by atoms with E-state index in [0.717, 1.165) is 24.4 Å². The predicted octanol–water partition coefficient (Wildman–Crippen LogP) is 2.24. The van der Waals surface area contributed by atoms with Crippen molar-refractivity contribution in [1.29, 1.82) is 0 Å². The average molecular weight is 260 g/mol. The number of nitrogens with zero attached hydrogens (tertiary/aromatic N) is 1. The van der Waals surface area contributed by atoms with Crippen LogP contribution in [0.25, 0.3) is 0 Å². The number of ether oxygens (including phenoxy) is 1. The molecule has 3 nitrogen and oxygen atoms in total. The molecule has 0 bridgehead atoms. The smallest absolute Gasteiger partial charge is 0.123 e. The maximum atomic E-state index is 5.43. The summed E-state index contributed by atoms with van der Waals surface area (Å²) in [5.74, 6) is 6.86. The second-order valence-electron chi connectivity index (χ2n) is 4.69. The van der Waals surface area contributed by atoms with Gasteiger partial charge in [0.25, 0.3) is 0 Å². The third-order valence-electron chi connectivity index (χ3n) is 3.13. The van der Waals surface area contributed by atoms with Crippen LogP contribution in [0.15, 0.2) is 18.2 Å². The van der Waals surface area contributed by atoms with Crippen molar-refractivity contribution >= 4 is 0 Å². The van der Waals surface area contributed by atoms with Gasteiger partial charge in [0.1, 0.15) is 5.75 Å². The molecule has 1 rings (SSSR count). The molecule has 3 heteroatoms. The molecule has 0 spiro atoms. The molecule has 0 unspecified atom stereocenters. The Morgan fingerprint density at radius 1 is 1.37 bits per heavy atom. The van der Waals surface area contributed by atoms with Crippen molar-refractivity contribution in [1.82, 2.24) is 4.90 Å². The maximum Gasteiger partial charge on any atom is 0.123 e. The van der Waals surface area contributed by atoms with Gasteiger partial charge in [0.15, 0.2) is 0 Å². The van der Waals surface area contributed by atoms with Crippen LogP contribution in [0.2, 0.25) is 0 Å². The van der Waals surface area contributed by atoms with Gasteiger partial charge in [-0.15, -0.1) is 0 Å². The van der Waals surface area contributed by atoms with Gasteiger partial charge in [-0.1, -0.05) is 18.8 Å². The molecule has 104 valence electrons. The minimum atomic E-state index is 0.383. The molecule has 0 aliphatic rings. The zero-order valence-electron chi connectivity index (χ0n) is 12.4. The largest absolute Gasteiger partial charge is 0.496 e. The molecule has 19 heavy (non-hydrogen) atoms. The van der Waals surface area contributed by atoms with Crippen LogP contribution in [-0.2, 0) is 6.54 Å². The number of nitrogens with two attached hydrogens (primary N) is 1. The second kappa shape index (κ2) is 7.83. The number of benzene rings is 1. The molecule has 0 atom stereocenters. The van der Waals surface area contributed by atoms with Crippen molar-refractivity contribution in [3.63, 3.8) is 0 Å². The quantitative estimate of drug-likeness (QED) is 0.825. The van der Waals surface area contributed by atoms with E-state index < -0.39 is 0 Å². The highest BCUT2D eigenvalue weighted by Crippen LogP contribution is 2.22. The van der Waals surface area contributed by atoms with Gasteiger partial charge >= 0.3 is 0 Å². The molecule has 1 aromatic rings. The van der Waals surface area contributed by atoms with E-state index in [1.165, 1.54) is 5.56 Å². The van der Waals surface area contributed by atoms with Gasteiger partial charge in [-0.2, -0.15) is 0 Å². The van der Waals surface area contributed by atoms with Crippen molar-refractivity contribution in [2.24, 2.45) is 5.73 Å². The van der Waals surface area contributed by atoms with Gasteiger partial charge in [0.2, 0.25) is 0 Å². The van der Waals surface area contributed by atoms with Gasteiger partial charge in [-0.3, -0.25) is 4.90 Å². The third-order valence-corrected chi connectivity index (χ3v) is 3.13. The Bertz CT molecular complexity index is 458. The fourth-order valence-electron chi connectivity index (χ4n) is 2.01. The summed E-state index contributed by atoms with van der Waals surface area (Å²) >= 11 is 0. The molecular formula is C16H24N2O. The number of hydrogen-bond donors (Lipinski definition) is 1. The van der Waals surface area contributed by atoms with E-state index in [1.54, 1.807) is 7.11 Å². The minimum Gasteiger partial charge on any atom is -0.496 e. The van der Waals surface area contributed by atoms with Gasteiger partial charge in [0.05, 0.1) is 13.7 Å². The molecule has 0 aliphatic carbocycles. The molecule has 0 heterocycles. The molecule has 0 saturated carbocycles. The van der Waals surface area contributed by atoms with E-state index in [9.17, 15) is 0 Å². The summed E-state index contributed by atoms with van der Waals surface area (Å²) in [6, 6.07) is 6.54. The highest BCUT2D eigenvalue weighted by molar-refractivity contribution is 5.44. The predicted molar refractivity (Wildman–Crippen MR) is 80.1 cm³/mol. The summed E-state index contributed by atoms with van der Waals surface area (Å²) in [5, 5.41) is 0. The van der Waals surface area contributed by atoms with Crippen LogP contribution in [0.1, 0.15) is 31.9 Å². The standard InChI is InChI=1S/C16H24N2O/c1-5-18(13(2)3)12-15-11-14(7-6-10-17)8-9-16(15)19-4/h8-9,11,13H,5,10,12,17H2,1-4H3. The molecule has 2 N–H and O–H groups in total. The van der Waals surface area contributed by atoms with Crippen LogP contribution in [-0.4, -0.2) is 31.1 Å². The molecule has 0 amide bonds. The zero-order chi connectivity index (χ0) is 14.3. The number of rotatable bonds is 5. The molecule has 0 saturated heterocycles. The number of methoxy groups -OCH3 is 1. The highest BCUT2D eigenvalue weighted by atomic mass is 16.5. The van der Waals surface area contributed by atoms with Gasteiger partial charge < -0.3 is 10.5 Å². The van der Waals surface area contributed by atoms with E-state index in [-0.39, 0.29) is 0 Å². The maximum absolute atomic E-state index is 5.43. The summed E-state index contributed by atoms with van der Waals surface area (Å²) in [5.41, 5.74) is 7.56. The lowest BCUT2D eigenvalue weighted by molar-refractivity contribution is 0.222. The van der Waals surface area contributed by atoms with Crippen molar-refractivity contribution in [3.05, 3.63) is 29.3 Å². The lowest BCUT2D eigenvalue weighted by atomic mass is 10.1. The molecule has 0 radical (unpaired) electrons. The fraction of sp³-hybridized carbons (Fsp3) is 0.500. The van der Waals surface area contributed by atoms with Crippen molar-refractivity contribution < 1.29 is 4.74 Å². The Kier molecular flexibility index (Phi) is 6.41. The Morgan fingerprint density at radius 3 is 2.63 bits per heavy atom. The molecular weight excluding hydrogens is 236 g/mol. The van der Waals surface area contributed by atoms with Crippen molar-refractivity contribution in [3.8, 4) is 17.6 Å². The van der Waals surface area contributed by atoms with Gasteiger partial charge in [0, 0.05) is 23.7 Å². The second-order valence-corrected chi connectivity index (χ2v) is 4.69. The van der Waals surface area contributed by atoms with Crippen LogP contribution in [0.3, 0.4) is 0 Å². The van der Waals surface area contributed by atoms with E-state index in [2.05, 4.69) is 43.6 Å². The highest BCUT2D eigenvalue weighted by Gasteiger charge is 2.11. The Balaban J connectivity index is 3.01. The number of hydrogen-bond acceptors (Lipinski definition) is 3. The lowest BCUT2D eigenvalue weighted by Gasteiger charge is -2.25. The first-order chi connectivity index (χ1) is 9.12. The topological polar surface area (TPSA) is 38.5 Å². The van der Waals surface area contributed by atoms with Gasteiger partial charge in [-0.25, -0.2) is 0 Å². The summed E-state index contributed by atoms with van der Waals surface area (Å²) in [7, 11) is 1.70. The SMILES string of the molecule is CCN(Cc1cc(C#CCN)ccc1OC)C(C)C. The summed E-state index contributed by atoms with van der Waals surface area (Å²) < 4.78 is 5.43. The fourth-order valence-corrected chi connectivity index (χ4v) is 2.01. The van der Waals surface area contributed by atoms with E-state index >= 15 is 0 Å². The van der Waals surface area contributed by atoms with E-state index in [1.807, 2.05) is 12.1 Å². The molecule has 0 fully saturated rings. The summed E-state index contributed by atoms with van der Waals surface area (Å²) in [4.78, 5) is 2.39. The summed E-state index contributed by atoms with van der Waals surface area (Å²) in [6.07, 6.45) is 0. The van der Waals surface area contributed by atoms with Crippen LogP contribution in [0.5, 0.6) is 5.75 Å². The van der Waals surface area contributed by atoms with E-state index in [0.29, 0.717) is 12.6 Å². The molecule has 0 aromatic heterocycles. The molecule has 1 aromatic carbocycles. The van der Waals surface area contributed by atoms with Crippen molar-refractivity contribution in [2.75, 3.05) is 20.2 Å². The van der Waals surface area contributed by atoms with Crippen LogP contribution < -0.4 is 10.5 Å². The Labute approximate surface area is 116 Å².